The van der Waals surface area contributed by atoms with E-state index in [-0.39, 0.29) is 12.1 Å². The van der Waals surface area contributed by atoms with Crippen LogP contribution in [0, 0.1) is 11.3 Å². The molecule has 3 N–H and O–H groups in total. The maximum absolute atomic E-state index is 9.56. The molecule has 1 aliphatic rings. The summed E-state index contributed by atoms with van der Waals surface area (Å²) in [5, 5.41) is 24.4. The standard InChI is InChI=1S/C29H38N4O2S2/c1-5-25(31-11-12-33-13-16-35-17-14-33)19-23-6-7-24(18-22(23)2)28-9-8-26(36-28)20-27(21-30)37-32-29(3,4)10-15-34/h5-9,18-20,31-32,34H,2,10-17H2,1,3-4H3/b23-19-,25-5?,27-20+. The highest BCUT2D eigenvalue weighted by Gasteiger charge is 2.17. The van der Waals surface area contributed by atoms with E-state index in [4.69, 9.17) is 4.74 Å². The van der Waals surface area contributed by atoms with E-state index in [9.17, 15) is 10.4 Å². The van der Waals surface area contributed by atoms with Crippen LogP contribution in [0.2, 0.25) is 0 Å². The van der Waals surface area contributed by atoms with Crippen molar-refractivity contribution in [1.82, 2.24) is 14.9 Å². The Morgan fingerprint density at radius 3 is 2.76 bits per heavy atom. The fourth-order valence-corrected chi connectivity index (χ4v) is 5.55. The predicted octanol–water partition coefficient (Wildman–Crippen LogP) is 3.69. The Labute approximate surface area is 229 Å². The molecule has 8 heteroatoms. The molecule has 1 fully saturated rings. The van der Waals surface area contributed by atoms with E-state index >= 15 is 0 Å². The van der Waals surface area contributed by atoms with Gasteiger partial charge in [0.05, 0.1) is 13.2 Å². The van der Waals surface area contributed by atoms with Gasteiger partial charge in [0, 0.05) is 53.8 Å². The number of hydrogen-bond donors (Lipinski definition) is 3. The average molecular weight is 539 g/mol. The molecule has 198 valence electrons. The third kappa shape index (κ3) is 9.46. The Morgan fingerprint density at radius 2 is 2.08 bits per heavy atom. The number of hydrogen-bond acceptors (Lipinski definition) is 8. The first kappa shape index (κ1) is 29.2. The Bertz CT molecular complexity index is 1240. The third-order valence-corrected chi connectivity index (χ3v) is 8.26. The summed E-state index contributed by atoms with van der Waals surface area (Å²) in [5.74, 6) is 0. The smallest absolute Gasteiger partial charge is 0.108 e. The van der Waals surface area contributed by atoms with Crippen molar-refractivity contribution in [3.05, 3.63) is 62.3 Å². The molecular formula is C29H38N4O2S2. The second kappa shape index (κ2) is 14.5. The molecule has 1 aliphatic heterocycles. The summed E-state index contributed by atoms with van der Waals surface area (Å²) in [4.78, 5) is 5.15. The first-order chi connectivity index (χ1) is 17.8. The fraction of sp³-hybridized carbons (Fsp3) is 0.414. The van der Waals surface area contributed by atoms with Crippen molar-refractivity contribution >= 4 is 42.0 Å². The number of benzene rings is 1. The van der Waals surface area contributed by atoms with Crippen molar-refractivity contribution in [3.8, 4) is 16.5 Å². The average Bonchev–Trinajstić information content (AvgIpc) is 3.36. The number of aliphatic hydroxyl groups is 1. The zero-order valence-corrected chi connectivity index (χ0v) is 23.7. The number of nitrogens with one attached hydrogen (secondary N) is 2. The molecule has 2 heterocycles. The molecule has 1 aromatic carbocycles. The maximum Gasteiger partial charge on any atom is 0.108 e. The van der Waals surface area contributed by atoms with Gasteiger partial charge in [0.2, 0.25) is 0 Å². The van der Waals surface area contributed by atoms with Crippen LogP contribution >= 0.6 is 23.3 Å². The largest absolute Gasteiger partial charge is 0.396 e. The van der Waals surface area contributed by atoms with Crippen LogP contribution in [0.15, 0.2) is 47.0 Å². The zero-order valence-electron chi connectivity index (χ0n) is 22.0. The number of morpholine rings is 1. The van der Waals surface area contributed by atoms with Crippen LogP contribution in [0.3, 0.4) is 0 Å². The van der Waals surface area contributed by atoms with Crippen LogP contribution in [0.25, 0.3) is 29.2 Å². The lowest BCUT2D eigenvalue weighted by Crippen LogP contribution is -2.40. The van der Waals surface area contributed by atoms with Crippen molar-refractivity contribution in [2.75, 3.05) is 46.0 Å². The van der Waals surface area contributed by atoms with Gasteiger partial charge in [-0.3, -0.25) is 9.62 Å². The number of thiophene rings is 1. The second-order valence-electron chi connectivity index (χ2n) is 9.57. The summed E-state index contributed by atoms with van der Waals surface area (Å²) >= 11 is 2.95. The van der Waals surface area contributed by atoms with E-state index in [0.29, 0.717) is 11.3 Å². The molecule has 3 rings (SSSR count). The van der Waals surface area contributed by atoms with Crippen LogP contribution in [0.4, 0.5) is 0 Å². The monoisotopic (exact) mass is 538 g/mol. The molecular weight excluding hydrogens is 500 g/mol. The van der Waals surface area contributed by atoms with Crippen LogP contribution in [0.5, 0.6) is 0 Å². The van der Waals surface area contributed by atoms with Gasteiger partial charge in [-0.15, -0.1) is 11.3 Å². The molecule has 0 amide bonds. The van der Waals surface area contributed by atoms with Crippen molar-refractivity contribution < 1.29 is 9.84 Å². The fourth-order valence-electron chi connectivity index (χ4n) is 3.81. The van der Waals surface area contributed by atoms with E-state index in [0.717, 1.165) is 70.8 Å². The molecule has 2 aromatic rings. The van der Waals surface area contributed by atoms with Gasteiger partial charge in [0.25, 0.3) is 0 Å². The lowest BCUT2D eigenvalue weighted by molar-refractivity contribution is 0.0387. The van der Waals surface area contributed by atoms with Gasteiger partial charge in [-0.25, -0.2) is 0 Å². The van der Waals surface area contributed by atoms with Gasteiger partial charge in [-0.2, -0.15) is 5.26 Å². The molecule has 37 heavy (non-hydrogen) atoms. The topological polar surface area (TPSA) is 80.5 Å². The molecule has 0 unspecified atom stereocenters. The van der Waals surface area contributed by atoms with E-state index in [2.05, 4.69) is 64.0 Å². The van der Waals surface area contributed by atoms with Crippen LogP contribution in [-0.4, -0.2) is 61.5 Å². The highest BCUT2D eigenvalue weighted by molar-refractivity contribution is 8.01. The Balaban J connectivity index is 1.65. The zero-order chi connectivity index (χ0) is 26.7. The molecule has 0 saturated carbocycles. The van der Waals surface area contributed by atoms with Gasteiger partial charge in [-0.1, -0.05) is 24.8 Å². The molecule has 0 radical (unpaired) electrons. The van der Waals surface area contributed by atoms with Crippen molar-refractivity contribution in [2.45, 2.75) is 32.7 Å². The number of allylic oxidation sites excluding steroid dienone is 3. The van der Waals surface area contributed by atoms with Gasteiger partial charge < -0.3 is 15.2 Å². The van der Waals surface area contributed by atoms with Crippen molar-refractivity contribution in [3.63, 3.8) is 0 Å². The highest BCUT2D eigenvalue weighted by Crippen LogP contribution is 2.30. The summed E-state index contributed by atoms with van der Waals surface area (Å²) in [5.41, 5.74) is 1.94. The molecule has 0 atom stereocenters. The quantitative estimate of drug-likeness (QED) is 0.281. The van der Waals surface area contributed by atoms with Crippen LogP contribution < -0.4 is 20.5 Å². The number of nitriles is 1. The Hall–Kier alpha value is -2.38. The molecule has 6 nitrogen and oxygen atoms in total. The van der Waals surface area contributed by atoms with Crippen LogP contribution in [-0.2, 0) is 4.74 Å². The minimum absolute atomic E-state index is 0.104. The van der Waals surface area contributed by atoms with Crippen molar-refractivity contribution in [2.24, 2.45) is 0 Å². The van der Waals surface area contributed by atoms with Gasteiger partial charge in [0.1, 0.15) is 11.0 Å². The number of ether oxygens (including phenoxy) is 1. The minimum atomic E-state index is -0.260. The Kier molecular flexibility index (Phi) is 11.5. The molecule has 0 aliphatic carbocycles. The molecule has 0 bridgehead atoms. The first-order valence-electron chi connectivity index (χ1n) is 12.6. The summed E-state index contributed by atoms with van der Waals surface area (Å²) in [6.45, 7) is 16.0. The van der Waals surface area contributed by atoms with Gasteiger partial charge in [-0.05, 0) is 85.5 Å². The van der Waals surface area contributed by atoms with E-state index in [1.807, 2.05) is 32.9 Å². The lowest BCUT2D eigenvalue weighted by Gasteiger charge is -2.26. The minimum Gasteiger partial charge on any atom is -0.396 e. The second-order valence-corrected chi connectivity index (χ2v) is 11.5. The van der Waals surface area contributed by atoms with Crippen LogP contribution in [0.1, 0.15) is 32.1 Å². The SMILES string of the molecule is C=c1cc(-c2ccc(/C=C(\C#N)SNC(C)(C)CCO)s2)cc/c1=C/C(=CC)NCCN1CCOCC1. The summed E-state index contributed by atoms with van der Waals surface area (Å²) in [7, 11) is 0. The van der Waals surface area contributed by atoms with Crippen molar-refractivity contribution in [1.29, 1.82) is 5.26 Å². The summed E-state index contributed by atoms with van der Waals surface area (Å²) in [6.07, 6.45) is 6.75. The molecule has 0 spiro atoms. The van der Waals surface area contributed by atoms with E-state index in [1.165, 1.54) is 11.9 Å². The normalized spacial score (nSPS) is 16.1. The number of rotatable bonds is 12. The van der Waals surface area contributed by atoms with Gasteiger partial charge >= 0.3 is 0 Å². The van der Waals surface area contributed by atoms with E-state index in [1.54, 1.807) is 11.3 Å². The number of nitrogens with zero attached hydrogens (tertiary/aromatic N) is 2. The first-order valence-corrected chi connectivity index (χ1v) is 14.2. The maximum atomic E-state index is 9.56. The lowest BCUT2D eigenvalue weighted by atomic mass is 10.0. The van der Waals surface area contributed by atoms with E-state index < -0.39 is 0 Å². The molecule has 1 saturated heterocycles. The summed E-state index contributed by atoms with van der Waals surface area (Å²) in [6, 6.07) is 12.7. The highest BCUT2D eigenvalue weighted by atomic mass is 32.2. The summed E-state index contributed by atoms with van der Waals surface area (Å²) < 4.78 is 8.70. The third-order valence-electron chi connectivity index (χ3n) is 6.09. The predicted molar refractivity (Wildman–Crippen MR) is 158 cm³/mol. The number of aliphatic hydroxyl groups excluding tert-OH is 1. The Morgan fingerprint density at radius 1 is 1.30 bits per heavy atom. The molecule has 1 aromatic heterocycles. The van der Waals surface area contributed by atoms with Gasteiger partial charge in [0.15, 0.2) is 0 Å².